The number of allylic oxidation sites excluding steroid dienone is 1. The van der Waals surface area contributed by atoms with Crippen LogP contribution in [0.25, 0.3) is 0 Å². The molecule has 0 spiro atoms. The Balaban J connectivity index is 3.58. The predicted molar refractivity (Wildman–Crippen MR) is 102 cm³/mol. The maximum atomic E-state index is 10.9. The van der Waals surface area contributed by atoms with Crippen LogP contribution in [-0.4, -0.2) is 38.0 Å². The van der Waals surface area contributed by atoms with Gasteiger partial charge in [0.05, 0.1) is 12.1 Å². The van der Waals surface area contributed by atoms with Crippen molar-refractivity contribution in [3.05, 3.63) is 12.2 Å². The molecule has 150 valence electrons. The molecular formula is C18H38NO5P. The summed E-state index contributed by atoms with van der Waals surface area (Å²) < 4.78 is 10.9. The van der Waals surface area contributed by atoms with Gasteiger partial charge in [-0.25, -0.2) is 0 Å². The van der Waals surface area contributed by atoms with Crippen molar-refractivity contribution in [1.82, 2.24) is 0 Å². The smallest absolute Gasteiger partial charge is 0.355 e. The minimum absolute atomic E-state index is 0.785. The molecule has 0 fully saturated rings. The number of hydrogen-bond acceptors (Lipinski definition) is 4. The van der Waals surface area contributed by atoms with Crippen LogP contribution in [0.15, 0.2) is 12.2 Å². The summed E-state index contributed by atoms with van der Waals surface area (Å²) in [7, 11) is -4.70. The van der Waals surface area contributed by atoms with Crippen molar-refractivity contribution < 1.29 is 24.6 Å². The van der Waals surface area contributed by atoms with Gasteiger partial charge in [-0.15, -0.1) is 0 Å². The summed E-state index contributed by atoms with van der Waals surface area (Å²) in [4.78, 5) is 17.7. The summed E-state index contributed by atoms with van der Waals surface area (Å²) in [6.07, 6.45) is 16.6. The normalized spacial score (nSPS) is 16.2. The van der Waals surface area contributed by atoms with E-state index in [4.69, 9.17) is 15.5 Å². The van der Waals surface area contributed by atoms with E-state index in [0.717, 1.165) is 19.3 Å². The van der Waals surface area contributed by atoms with Gasteiger partial charge in [0.1, 0.15) is 0 Å². The Labute approximate surface area is 152 Å². The molecule has 0 rings (SSSR count). The highest BCUT2D eigenvalue weighted by Gasteiger charge is 2.35. The summed E-state index contributed by atoms with van der Waals surface area (Å²) in [5.41, 5.74) is 5.45. The van der Waals surface area contributed by atoms with Gasteiger partial charge in [-0.2, -0.15) is 0 Å². The number of nitrogens with two attached hydrogens (primary N) is 1. The highest BCUT2D eigenvalue weighted by atomic mass is 31.2. The second kappa shape index (κ2) is 14.9. The molecule has 0 aromatic rings. The topological polar surface area (TPSA) is 124 Å². The van der Waals surface area contributed by atoms with Crippen molar-refractivity contribution in [2.75, 3.05) is 0 Å². The molecule has 0 aliphatic rings. The van der Waals surface area contributed by atoms with Gasteiger partial charge < -0.3 is 25.7 Å². The zero-order valence-electron chi connectivity index (χ0n) is 15.6. The molecule has 6 N–H and O–H groups in total. The Morgan fingerprint density at radius 2 is 1.32 bits per heavy atom. The Bertz CT molecular complexity index is 386. The molecule has 6 nitrogen and oxygen atoms in total. The minimum atomic E-state index is -4.70. The van der Waals surface area contributed by atoms with Gasteiger partial charge in [0.2, 0.25) is 0 Å². The van der Waals surface area contributed by atoms with Crippen molar-refractivity contribution in [3.8, 4) is 0 Å². The van der Waals surface area contributed by atoms with Crippen LogP contribution in [-0.2, 0) is 4.57 Å². The van der Waals surface area contributed by atoms with E-state index in [9.17, 15) is 14.8 Å². The molecule has 0 saturated heterocycles. The van der Waals surface area contributed by atoms with Gasteiger partial charge in [0, 0.05) is 0 Å². The van der Waals surface area contributed by atoms with Crippen LogP contribution in [0.2, 0.25) is 0 Å². The van der Waals surface area contributed by atoms with Crippen LogP contribution in [0.3, 0.4) is 0 Å². The molecule has 0 amide bonds. The zero-order valence-corrected chi connectivity index (χ0v) is 16.5. The lowest BCUT2D eigenvalue weighted by Gasteiger charge is -2.22. The van der Waals surface area contributed by atoms with Gasteiger partial charge >= 0.3 is 7.60 Å². The van der Waals surface area contributed by atoms with Crippen molar-refractivity contribution in [3.63, 3.8) is 0 Å². The average molecular weight is 379 g/mol. The lowest BCUT2D eigenvalue weighted by atomic mass is 10.0. The van der Waals surface area contributed by atoms with Crippen LogP contribution in [0.1, 0.15) is 84.0 Å². The van der Waals surface area contributed by atoms with E-state index < -0.39 is 25.6 Å². The average Bonchev–Trinajstić information content (AvgIpc) is 2.56. The Morgan fingerprint density at radius 3 is 1.76 bits per heavy atom. The first-order valence-corrected chi connectivity index (χ1v) is 11.3. The van der Waals surface area contributed by atoms with Crippen molar-refractivity contribution >= 4 is 7.60 Å². The fraction of sp³-hybridized carbons (Fsp3) is 0.889. The maximum absolute atomic E-state index is 10.9. The summed E-state index contributed by atoms with van der Waals surface area (Å²) in [5, 5.41) is 19.1. The third kappa shape index (κ3) is 13.6. The molecule has 7 heteroatoms. The third-order valence-electron chi connectivity index (χ3n) is 4.39. The van der Waals surface area contributed by atoms with Gasteiger partial charge in [-0.05, 0) is 12.8 Å². The minimum Gasteiger partial charge on any atom is -0.387 e. The number of aliphatic hydroxyl groups is 2. The third-order valence-corrected chi connectivity index (χ3v) is 5.42. The van der Waals surface area contributed by atoms with E-state index in [2.05, 4.69) is 6.92 Å². The molecular weight excluding hydrogens is 341 g/mol. The Kier molecular flexibility index (Phi) is 14.8. The zero-order chi connectivity index (χ0) is 19.1. The van der Waals surface area contributed by atoms with Crippen LogP contribution in [0.5, 0.6) is 0 Å². The summed E-state index contributed by atoms with van der Waals surface area (Å²) in [5.74, 6) is -2.05. The van der Waals surface area contributed by atoms with Gasteiger partial charge in [-0.1, -0.05) is 83.3 Å². The molecule has 3 atom stereocenters. The first-order chi connectivity index (χ1) is 11.8. The van der Waals surface area contributed by atoms with Crippen molar-refractivity contribution in [1.29, 1.82) is 0 Å². The van der Waals surface area contributed by atoms with E-state index in [1.807, 2.05) is 0 Å². The Hall–Kier alpha value is -0.230. The van der Waals surface area contributed by atoms with Crippen LogP contribution < -0.4 is 5.73 Å². The fourth-order valence-corrected chi connectivity index (χ4v) is 3.32. The summed E-state index contributed by atoms with van der Waals surface area (Å²) in [6, 6.07) is -1.39. The largest absolute Gasteiger partial charge is 0.387 e. The highest BCUT2D eigenvalue weighted by Crippen LogP contribution is 2.41. The highest BCUT2D eigenvalue weighted by molar-refractivity contribution is 7.52. The van der Waals surface area contributed by atoms with Crippen LogP contribution in [0.4, 0.5) is 0 Å². The molecule has 25 heavy (non-hydrogen) atoms. The number of unbranched alkanes of at least 4 members (excludes halogenated alkanes) is 11. The number of rotatable bonds is 16. The summed E-state index contributed by atoms with van der Waals surface area (Å²) >= 11 is 0. The van der Waals surface area contributed by atoms with E-state index in [0.29, 0.717) is 0 Å². The second-order valence-corrected chi connectivity index (χ2v) is 8.53. The maximum Gasteiger partial charge on any atom is 0.355 e. The summed E-state index contributed by atoms with van der Waals surface area (Å²) in [6.45, 7) is 2.23. The van der Waals surface area contributed by atoms with Gasteiger partial charge in [0.25, 0.3) is 0 Å². The van der Waals surface area contributed by atoms with E-state index >= 15 is 0 Å². The predicted octanol–water partition coefficient (Wildman–Crippen LogP) is 3.43. The molecule has 3 unspecified atom stereocenters. The fourth-order valence-electron chi connectivity index (χ4n) is 2.69. The Morgan fingerprint density at radius 1 is 0.880 bits per heavy atom. The molecule has 0 aliphatic carbocycles. The van der Waals surface area contributed by atoms with E-state index in [1.54, 1.807) is 6.08 Å². The molecule has 0 saturated carbocycles. The van der Waals surface area contributed by atoms with Crippen molar-refractivity contribution in [2.24, 2.45) is 5.73 Å². The molecule has 0 aromatic carbocycles. The van der Waals surface area contributed by atoms with Gasteiger partial charge in [-0.3, -0.25) is 4.57 Å². The van der Waals surface area contributed by atoms with E-state index in [-0.39, 0.29) is 0 Å². The molecule has 0 bridgehead atoms. The number of hydrogen-bond donors (Lipinski definition) is 5. The molecule has 0 heterocycles. The standard InChI is InChI=1S/C18H38NO5P/c1-2-3-4-5-6-7-8-9-10-11-12-13-14-15-16(20)17(19)18(21)25(22,23)24/h14-18,20-21H,2-13,19H2,1H3,(H2,22,23,24). The SMILES string of the molecule is CCCCCCCCCCCCCC=CC(O)C(N)C(O)P(=O)(O)O. The quantitative estimate of drug-likeness (QED) is 0.159. The molecule has 0 aliphatic heterocycles. The first kappa shape index (κ1) is 24.8. The lowest BCUT2D eigenvalue weighted by Crippen LogP contribution is -2.43. The van der Waals surface area contributed by atoms with Crippen molar-refractivity contribution in [2.45, 2.75) is 102 Å². The monoisotopic (exact) mass is 379 g/mol. The lowest BCUT2D eigenvalue weighted by molar-refractivity contribution is 0.105. The van der Waals surface area contributed by atoms with Crippen LogP contribution in [0, 0.1) is 0 Å². The van der Waals surface area contributed by atoms with Crippen LogP contribution >= 0.6 is 7.60 Å². The molecule has 0 aromatic heterocycles. The first-order valence-electron chi connectivity index (χ1n) is 9.64. The van der Waals surface area contributed by atoms with Gasteiger partial charge in [0.15, 0.2) is 5.85 Å². The molecule has 0 radical (unpaired) electrons. The number of aliphatic hydroxyl groups excluding tert-OH is 2. The second-order valence-electron chi connectivity index (χ2n) is 6.82. The van der Waals surface area contributed by atoms with E-state index in [1.165, 1.54) is 63.9 Å².